The van der Waals surface area contributed by atoms with Crippen molar-refractivity contribution in [2.45, 2.75) is 45.1 Å². The molecule has 1 N–H and O–H groups in total. The molecule has 30 heavy (non-hydrogen) atoms. The van der Waals surface area contributed by atoms with Crippen molar-refractivity contribution < 1.29 is 19.0 Å². The van der Waals surface area contributed by atoms with E-state index < -0.39 is 0 Å². The monoisotopic (exact) mass is 427 g/mol. The number of esters is 1. The quantitative estimate of drug-likeness (QED) is 0.538. The largest absolute Gasteiger partial charge is 0.493 e. The van der Waals surface area contributed by atoms with Gasteiger partial charge in [0.05, 0.1) is 19.6 Å². The lowest BCUT2D eigenvalue weighted by Gasteiger charge is -2.21. The van der Waals surface area contributed by atoms with E-state index in [9.17, 15) is 4.79 Å². The molecule has 0 radical (unpaired) electrons. The van der Waals surface area contributed by atoms with Crippen LogP contribution in [0, 0.1) is 6.92 Å². The number of carbonyl (C=O) groups excluding carboxylic acids is 1. The van der Waals surface area contributed by atoms with Crippen molar-refractivity contribution in [3.8, 4) is 11.5 Å². The van der Waals surface area contributed by atoms with Gasteiger partial charge in [0.15, 0.2) is 11.5 Å². The number of hydrogen-bond donors (Lipinski definition) is 1. The minimum absolute atomic E-state index is 0.0197. The summed E-state index contributed by atoms with van der Waals surface area (Å²) in [6.45, 7) is 1.92. The molecule has 0 saturated heterocycles. The van der Waals surface area contributed by atoms with Gasteiger partial charge in [0.2, 0.25) is 0 Å². The lowest BCUT2D eigenvalue weighted by Crippen LogP contribution is -2.20. The molecule has 0 unspecified atom stereocenters. The number of carbonyl (C=O) groups is 1. The zero-order chi connectivity index (χ0) is 21.1. The summed E-state index contributed by atoms with van der Waals surface area (Å²) in [5.41, 5.74) is 1.63. The van der Waals surface area contributed by atoms with Gasteiger partial charge in [0.1, 0.15) is 28.0 Å². The van der Waals surface area contributed by atoms with Gasteiger partial charge in [-0.15, -0.1) is 11.3 Å². The van der Waals surface area contributed by atoms with Crippen molar-refractivity contribution in [1.29, 1.82) is 0 Å². The second-order valence-corrected chi connectivity index (χ2v) is 8.32. The van der Waals surface area contributed by atoms with E-state index >= 15 is 0 Å². The first kappa shape index (κ1) is 20.4. The first-order chi connectivity index (χ1) is 14.6. The molecule has 0 atom stereocenters. The number of anilines is 2. The molecule has 1 aliphatic rings. The summed E-state index contributed by atoms with van der Waals surface area (Å²) in [6, 6.07) is 5.55. The summed E-state index contributed by atoms with van der Waals surface area (Å²) in [5.74, 6) is 1.64. The summed E-state index contributed by atoms with van der Waals surface area (Å²) in [6.07, 6.45) is 6.87. The molecule has 2 heterocycles. The zero-order valence-electron chi connectivity index (χ0n) is 17.4. The molecular formula is C22H25N3O4S. The lowest BCUT2D eigenvalue weighted by atomic mass is 9.98. The van der Waals surface area contributed by atoms with Crippen molar-refractivity contribution in [3.05, 3.63) is 35.0 Å². The summed E-state index contributed by atoms with van der Waals surface area (Å²) in [4.78, 5) is 22.9. The number of aromatic nitrogens is 2. The van der Waals surface area contributed by atoms with Crippen LogP contribution in [-0.4, -0.2) is 36.3 Å². The summed E-state index contributed by atoms with van der Waals surface area (Å²) in [5, 5.41) is 4.14. The third kappa shape index (κ3) is 4.05. The normalized spacial score (nSPS) is 14.5. The Hall–Kier alpha value is -2.87. The minimum Gasteiger partial charge on any atom is -0.493 e. The number of methoxy groups -OCH3 is 2. The number of rotatable bonds is 6. The Morgan fingerprint density at radius 2 is 1.87 bits per heavy atom. The lowest BCUT2D eigenvalue weighted by molar-refractivity contribution is 0.0216. The number of nitrogens with one attached hydrogen (secondary N) is 1. The maximum Gasteiger partial charge on any atom is 0.348 e. The van der Waals surface area contributed by atoms with Gasteiger partial charge in [0.25, 0.3) is 0 Å². The Bertz CT molecular complexity index is 1060. The Balaban J connectivity index is 1.63. The SMILES string of the molecule is COc1ccc(Nc2ncnc3sc(C(=O)OC4CCCCC4)c(C)c23)cc1OC. The highest BCUT2D eigenvalue weighted by Crippen LogP contribution is 2.37. The Morgan fingerprint density at radius 1 is 1.10 bits per heavy atom. The topological polar surface area (TPSA) is 82.6 Å². The number of thiophene rings is 1. The van der Waals surface area contributed by atoms with Gasteiger partial charge in [-0.05, 0) is 50.3 Å². The predicted octanol–water partition coefficient (Wildman–Crippen LogP) is 5.25. The predicted molar refractivity (Wildman–Crippen MR) is 117 cm³/mol. The number of ether oxygens (including phenoxy) is 3. The second kappa shape index (κ2) is 8.87. The van der Waals surface area contributed by atoms with Crippen LogP contribution in [0.2, 0.25) is 0 Å². The molecule has 1 fully saturated rings. The smallest absolute Gasteiger partial charge is 0.348 e. The molecular weight excluding hydrogens is 402 g/mol. The van der Waals surface area contributed by atoms with E-state index in [4.69, 9.17) is 14.2 Å². The number of fused-ring (bicyclic) bond motifs is 1. The molecule has 0 amide bonds. The third-order valence-corrected chi connectivity index (χ3v) is 6.56. The maximum atomic E-state index is 12.8. The molecule has 4 rings (SSSR count). The Kier molecular flexibility index (Phi) is 6.03. The van der Waals surface area contributed by atoms with E-state index in [1.54, 1.807) is 14.2 Å². The molecule has 7 nitrogen and oxygen atoms in total. The molecule has 1 aliphatic carbocycles. The summed E-state index contributed by atoms with van der Waals surface area (Å²) < 4.78 is 16.4. The first-order valence-electron chi connectivity index (χ1n) is 10.0. The van der Waals surface area contributed by atoms with Crippen LogP contribution in [-0.2, 0) is 4.74 Å². The van der Waals surface area contributed by atoms with E-state index in [0.717, 1.165) is 47.2 Å². The van der Waals surface area contributed by atoms with Crippen LogP contribution >= 0.6 is 11.3 Å². The van der Waals surface area contributed by atoms with Crippen LogP contribution in [0.5, 0.6) is 11.5 Å². The van der Waals surface area contributed by atoms with Crippen molar-refractivity contribution in [2.75, 3.05) is 19.5 Å². The van der Waals surface area contributed by atoms with Crippen molar-refractivity contribution in [3.63, 3.8) is 0 Å². The molecule has 3 aromatic rings. The van der Waals surface area contributed by atoms with E-state index in [-0.39, 0.29) is 12.1 Å². The first-order valence-corrected chi connectivity index (χ1v) is 10.9. The van der Waals surface area contributed by atoms with Gasteiger partial charge in [-0.2, -0.15) is 0 Å². The van der Waals surface area contributed by atoms with Gasteiger partial charge in [-0.1, -0.05) is 6.42 Å². The van der Waals surface area contributed by atoms with Crippen LogP contribution in [0.3, 0.4) is 0 Å². The van der Waals surface area contributed by atoms with Gasteiger partial charge in [-0.3, -0.25) is 0 Å². The van der Waals surface area contributed by atoms with E-state index in [2.05, 4.69) is 15.3 Å². The average Bonchev–Trinajstić information content (AvgIpc) is 3.12. The van der Waals surface area contributed by atoms with Gasteiger partial charge in [-0.25, -0.2) is 14.8 Å². The Morgan fingerprint density at radius 3 is 2.60 bits per heavy atom. The number of nitrogens with zero attached hydrogens (tertiary/aromatic N) is 2. The highest BCUT2D eigenvalue weighted by molar-refractivity contribution is 7.20. The highest BCUT2D eigenvalue weighted by Gasteiger charge is 2.24. The fraction of sp³-hybridized carbons (Fsp3) is 0.409. The van der Waals surface area contributed by atoms with E-state index in [1.807, 2.05) is 25.1 Å². The number of hydrogen-bond acceptors (Lipinski definition) is 8. The molecule has 2 aromatic heterocycles. The van der Waals surface area contributed by atoms with Gasteiger partial charge >= 0.3 is 5.97 Å². The standard InChI is InChI=1S/C22H25N3O4S/c1-13-18-20(25-14-9-10-16(27-2)17(11-14)28-3)23-12-24-21(18)30-19(13)22(26)29-15-7-5-4-6-8-15/h9-12,15H,4-8H2,1-3H3,(H,23,24,25). The average molecular weight is 428 g/mol. The summed E-state index contributed by atoms with van der Waals surface area (Å²) >= 11 is 1.35. The van der Waals surface area contributed by atoms with Crippen molar-refractivity contribution in [1.82, 2.24) is 9.97 Å². The molecule has 0 spiro atoms. The van der Waals surface area contributed by atoms with E-state index in [1.165, 1.54) is 24.1 Å². The molecule has 1 aromatic carbocycles. The molecule has 0 aliphatic heterocycles. The van der Waals surface area contributed by atoms with Gasteiger partial charge in [0, 0.05) is 11.8 Å². The Labute approximate surface area is 179 Å². The van der Waals surface area contributed by atoms with Crippen molar-refractivity contribution in [2.24, 2.45) is 0 Å². The molecule has 158 valence electrons. The number of benzene rings is 1. The van der Waals surface area contributed by atoms with Crippen LogP contribution in [0.4, 0.5) is 11.5 Å². The highest BCUT2D eigenvalue weighted by atomic mass is 32.1. The molecule has 8 heteroatoms. The molecule has 1 saturated carbocycles. The second-order valence-electron chi connectivity index (χ2n) is 7.32. The zero-order valence-corrected chi connectivity index (χ0v) is 18.2. The molecule has 0 bridgehead atoms. The number of aryl methyl sites for hydroxylation is 1. The summed E-state index contributed by atoms with van der Waals surface area (Å²) in [7, 11) is 3.19. The fourth-order valence-electron chi connectivity index (χ4n) is 3.80. The minimum atomic E-state index is -0.264. The van der Waals surface area contributed by atoms with Crippen LogP contribution in [0.25, 0.3) is 10.2 Å². The third-order valence-electron chi connectivity index (χ3n) is 5.38. The maximum absolute atomic E-state index is 12.8. The van der Waals surface area contributed by atoms with Crippen LogP contribution in [0.15, 0.2) is 24.5 Å². The fourth-order valence-corrected chi connectivity index (χ4v) is 4.83. The van der Waals surface area contributed by atoms with E-state index in [0.29, 0.717) is 22.2 Å². The van der Waals surface area contributed by atoms with Crippen LogP contribution in [0.1, 0.15) is 47.3 Å². The van der Waals surface area contributed by atoms with Gasteiger partial charge < -0.3 is 19.5 Å². The van der Waals surface area contributed by atoms with Crippen molar-refractivity contribution >= 4 is 39.0 Å². The van der Waals surface area contributed by atoms with Crippen LogP contribution < -0.4 is 14.8 Å².